The largest absolute Gasteiger partial charge is 0.364 e. The zero-order valence-corrected chi connectivity index (χ0v) is 14.8. The van der Waals surface area contributed by atoms with Crippen molar-refractivity contribution in [3.8, 4) is 11.3 Å². The number of rotatable bonds is 5. The molecule has 0 saturated heterocycles. The molecule has 0 fully saturated rings. The van der Waals surface area contributed by atoms with Crippen molar-refractivity contribution in [2.45, 2.75) is 26.3 Å². The summed E-state index contributed by atoms with van der Waals surface area (Å²) in [6.07, 6.45) is 0.474. The second-order valence-electron chi connectivity index (χ2n) is 5.90. The monoisotopic (exact) mass is 354 g/mol. The third kappa shape index (κ3) is 3.66. The summed E-state index contributed by atoms with van der Waals surface area (Å²) >= 11 is 1.26. The summed E-state index contributed by atoms with van der Waals surface area (Å²) in [6, 6.07) is 12.8. The van der Waals surface area contributed by atoms with E-state index in [4.69, 9.17) is 5.73 Å². The molecule has 0 aliphatic rings. The number of nitrogens with zero attached hydrogens (tertiary/aromatic N) is 3. The lowest BCUT2D eigenvalue weighted by atomic mass is 10.1. The summed E-state index contributed by atoms with van der Waals surface area (Å²) in [6.45, 7) is 3.82. The van der Waals surface area contributed by atoms with E-state index in [9.17, 15) is 9.59 Å². The molecule has 0 aliphatic carbocycles. The highest BCUT2D eigenvalue weighted by molar-refractivity contribution is 7.14. The van der Waals surface area contributed by atoms with E-state index in [0.29, 0.717) is 6.42 Å². The van der Waals surface area contributed by atoms with E-state index in [-0.39, 0.29) is 16.6 Å². The molecule has 0 spiro atoms. The van der Waals surface area contributed by atoms with E-state index in [1.807, 2.05) is 44.2 Å². The molecule has 0 radical (unpaired) electrons. The average molecular weight is 354 g/mol. The second kappa shape index (κ2) is 6.98. The fourth-order valence-corrected chi connectivity index (χ4v) is 3.44. The maximum Gasteiger partial charge on any atom is 0.277 e. The molecule has 6 nitrogen and oxygen atoms in total. The zero-order valence-electron chi connectivity index (χ0n) is 14.0. The molecule has 0 bridgehead atoms. The topological polar surface area (TPSA) is 90.9 Å². The number of carbonyl (C=O) groups is 1. The van der Waals surface area contributed by atoms with Crippen LogP contribution in [0, 0.1) is 0 Å². The summed E-state index contributed by atoms with van der Waals surface area (Å²) in [4.78, 5) is 28.7. The predicted molar refractivity (Wildman–Crippen MR) is 97.8 cm³/mol. The van der Waals surface area contributed by atoms with E-state index in [0.717, 1.165) is 21.8 Å². The molecule has 0 aliphatic heterocycles. The minimum absolute atomic E-state index is 0.0244. The average Bonchev–Trinajstić information content (AvgIpc) is 3.01. The maximum atomic E-state index is 11.9. The van der Waals surface area contributed by atoms with Crippen molar-refractivity contribution in [1.29, 1.82) is 0 Å². The molecule has 3 rings (SSSR count). The lowest BCUT2D eigenvalue weighted by Crippen LogP contribution is -2.24. The van der Waals surface area contributed by atoms with Crippen molar-refractivity contribution in [2.24, 2.45) is 5.73 Å². The van der Waals surface area contributed by atoms with Crippen molar-refractivity contribution in [2.75, 3.05) is 0 Å². The Balaban J connectivity index is 2.04. The van der Waals surface area contributed by atoms with E-state index < -0.39 is 5.91 Å². The van der Waals surface area contributed by atoms with Gasteiger partial charge in [0, 0.05) is 22.9 Å². The van der Waals surface area contributed by atoms with Crippen molar-refractivity contribution in [3.05, 3.63) is 68.4 Å². The van der Waals surface area contributed by atoms with Gasteiger partial charge in [0.2, 0.25) is 0 Å². The van der Waals surface area contributed by atoms with Gasteiger partial charge in [-0.05, 0) is 19.9 Å². The van der Waals surface area contributed by atoms with Gasteiger partial charge in [0.1, 0.15) is 0 Å². The van der Waals surface area contributed by atoms with Crippen LogP contribution in [0.4, 0.5) is 0 Å². The Morgan fingerprint density at radius 2 is 1.92 bits per heavy atom. The molecule has 128 valence electrons. The Hall–Kier alpha value is -2.80. The van der Waals surface area contributed by atoms with Crippen LogP contribution in [0.15, 0.2) is 47.3 Å². The number of aromatic nitrogens is 3. The summed E-state index contributed by atoms with van der Waals surface area (Å²) in [7, 11) is 0. The van der Waals surface area contributed by atoms with Crippen molar-refractivity contribution < 1.29 is 4.79 Å². The molecule has 25 heavy (non-hydrogen) atoms. The first-order chi connectivity index (χ1) is 12.0. The number of carbonyl (C=O) groups excluding carboxylic acids is 1. The van der Waals surface area contributed by atoms with Crippen molar-refractivity contribution in [1.82, 2.24) is 14.8 Å². The van der Waals surface area contributed by atoms with E-state index in [2.05, 4.69) is 10.1 Å². The fourth-order valence-electron chi connectivity index (χ4n) is 2.49. The third-order valence-electron chi connectivity index (χ3n) is 3.67. The molecule has 7 heteroatoms. The zero-order chi connectivity index (χ0) is 18.0. The molecular weight excluding hydrogens is 336 g/mol. The molecule has 1 aromatic carbocycles. The lowest BCUT2D eigenvalue weighted by molar-refractivity contribution is 0.1000. The summed E-state index contributed by atoms with van der Waals surface area (Å²) in [5.41, 5.74) is 7.65. The highest BCUT2D eigenvalue weighted by atomic mass is 32.1. The molecule has 0 saturated carbocycles. The SMILES string of the molecule is CC(C)n1nc(Cc2sc(C(N)=O)nc2-c2ccccc2)ccc1=O. The van der Waals surface area contributed by atoms with Gasteiger partial charge in [0.05, 0.1) is 17.4 Å². The van der Waals surface area contributed by atoms with E-state index in [1.165, 1.54) is 22.1 Å². The van der Waals surface area contributed by atoms with Gasteiger partial charge >= 0.3 is 0 Å². The molecule has 2 aromatic heterocycles. The van der Waals surface area contributed by atoms with Crippen molar-refractivity contribution in [3.63, 3.8) is 0 Å². The standard InChI is InChI=1S/C18H18N4O2S/c1-11(2)22-15(23)9-8-13(21-22)10-14-16(12-6-4-3-5-7-12)20-18(25-14)17(19)24/h3-9,11H,10H2,1-2H3,(H2,19,24). The first kappa shape index (κ1) is 17.0. The van der Waals surface area contributed by atoms with Crippen LogP contribution in [0.3, 0.4) is 0 Å². The van der Waals surface area contributed by atoms with Crippen LogP contribution >= 0.6 is 11.3 Å². The number of amides is 1. The number of nitrogens with two attached hydrogens (primary N) is 1. The smallest absolute Gasteiger partial charge is 0.277 e. The summed E-state index contributed by atoms with van der Waals surface area (Å²) in [5.74, 6) is -0.548. The second-order valence-corrected chi connectivity index (χ2v) is 6.98. The summed E-state index contributed by atoms with van der Waals surface area (Å²) in [5, 5.41) is 4.69. The molecule has 0 unspecified atom stereocenters. The molecular formula is C18H18N4O2S. The van der Waals surface area contributed by atoms with Gasteiger partial charge in [-0.25, -0.2) is 9.67 Å². The molecule has 2 N–H and O–H groups in total. The number of hydrogen-bond acceptors (Lipinski definition) is 5. The normalized spacial score (nSPS) is 11.0. The van der Waals surface area contributed by atoms with Gasteiger partial charge in [-0.2, -0.15) is 5.10 Å². The van der Waals surface area contributed by atoms with Crippen LogP contribution in [-0.2, 0) is 6.42 Å². The van der Waals surface area contributed by atoms with Crippen LogP contribution < -0.4 is 11.3 Å². The maximum absolute atomic E-state index is 11.9. The number of hydrogen-bond donors (Lipinski definition) is 1. The Morgan fingerprint density at radius 3 is 2.56 bits per heavy atom. The minimum atomic E-state index is -0.548. The Kier molecular flexibility index (Phi) is 4.76. The highest BCUT2D eigenvalue weighted by Gasteiger charge is 2.17. The molecule has 2 heterocycles. The van der Waals surface area contributed by atoms with E-state index in [1.54, 1.807) is 6.07 Å². The van der Waals surface area contributed by atoms with E-state index >= 15 is 0 Å². The van der Waals surface area contributed by atoms with Crippen LogP contribution in [0.2, 0.25) is 0 Å². The number of primary amides is 1. The summed E-state index contributed by atoms with van der Waals surface area (Å²) < 4.78 is 1.45. The Labute approximate surface area is 149 Å². The quantitative estimate of drug-likeness (QED) is 0.762. The van der Waals surface area contributed by atoms with Gasteiger partial charge in [-0.1, -0.05) is 30.3 Å². The van der Waals surface area contributed by atoms with Gasteiger partial charge in [0.15, 0.2) is 5.01 Å². The van der Waals surface area contributed by atoms with Gasteiger partial charge in [0.25, 0.3) is 11.5 Å². The predicted octanol–water partition coefficient (Wildman–Crippen LogP) is 2.64. The fraction of sp³-hybridized carbons (Fsp3) is 0.222. The van der Waals surface area contributed by atoms with Crippen LogP contribution in [0.25, 0.3) is 11.3 Å². The van der Waals surface area contributed by atoms with Crippen molar-refractivity contribution >= 4 is 17.2 Å². The molecule has 0 atom stereocenters. The Bertz CT molecular complexity index is 961. The third-order valence-corrected chi connectivity index (χ3v) is 4.74. The molecule has 1 amide bonds. The number of thiazole rings is 1. The highest BCUT2D eigenvalue weighted by Crippen LogP contribution is 2.29. The van der Waals surface area contributed by atoms with Gasteiger partial charge in [-0.15, -0.1) is 11.3 Å². The van der Waals surface area contributed by atoms with Gasteiger partial charge in [-0.3, -0.25) is 9.59 Å². The number of benzene rings is 1. The van der Waals surface area contributed by atoms with Crippen LogP contribution in [-0.4, -0.2) is 20.7 Å². The molecule has 3 aromatic rings. The minimum Gasteiger partial charge on any atom is -0.364 e. The first-order valence-corrected chi connectivity index (χ1v) is 8.71. The first-order valence-electron chi connectivity index (χ1n) is 7.89. The van der Waals surface area contributed by atoms with Crippen LogP contribution in [0.1, 0.15) is 40.3 Å². The van der Waals surface area contributed by atoms with Gasteiger partial charge < -0.3 is 5.73 Å². The Morgan fingerprint density at radius 1 is 1.20 bits per heavy atom. The van der Waals surface area contributed by atoms with Crippen LogP contribution in [0.5, 0.6) is 0 Å². The lowest BCUT2D eigenvalue weighted by Gasteiger charge is -2.09.